The Labute approximate surface area is 135 Å². The molecular formula is C15H36N4O3. The zero-order valence-electron chi connectivity index (χ0n) is 14.5. The highest BCUT2D eigenvalue weighted by atomic mass is 16.5. The fraction of sp³-hybridized carbons (Fsp3) is 1.00. The molecule has 0 aromatic rings. The van der Waals surface area contributed by atoms with E-state index in [4.69, 9.17) is 31.4 Å². The smallest absolute Gasteiger partial charge is 0.118 e. The lowest BCUT2D eigenvalue weighted by atomic mass is 10.3. The molecule has 7 nitrogen and oxygen atoms in total. The van der Waals surface area contributed by atoms with Crippen molar-refractivity contribution in [3.63, 3.8) is 0 Å². The van der Waals surface area contributed by atoms with Gasteiger partial charge in [0, 0.05) is 39.5 Å². The van der Waals surface area contributed by atoms with Gasteiger partial charge in [0.2, 0.25) is 0 Å². The summed E-state index contributed by atoms with van der Waals surface area (Å²) in [6, 6.07) is 0. The zero-order valence-corrected chi connectivity index (χ0v) is 14.5. The van der Waals surface area contributed by atoms with E-state index in [-0.39, 0.29) is 18.7 Å². The molecule has 0 aliphatic heterocycles. The molecule has 0 radical (unpaired) electrons. The molecule has 22 heavy (non-hydrogen) atoms. The van der Waals surface area contributed by atoms with Crippen LogP contribution in [0.1, 0.15) is 40.0 Å². The van der Waals surface area contributed by atoms with Gasteiger partial charge in [-0.25, -0.2) is 0 Å². The van der Waals surface area contributed by atoms with E-state index in [2.05, 4.69) is 0 Å². The van der Waals surface area contributed by atoms with E-state index in [9.17, 15) is 0 Å². The van der Waals surface area contributed by atoms with Gasteiger partial charge in [0.25, 0.3) is 0 Å². The summed E-state index contributed by atoms with van der Waals surface area (Å²) in [6.07, 6.45) is 1.72. The molecule has 0 fully saturated rings. The Morgan fingerprint density at radius 3 is 1.14 bits per heavy atom. The van der Waals surface area contributed by atoms with Gasteiger partial charge in [0.15, 0.2) is 0 Å². The minimum absolute atomic E-state index is 0.364. The average molecular weight is 320 g/mol. The van der Waals surface area contributed by atoms with E-state index >= 15 is 0 Å². The summed E-state index contributed by atoms with van der Waals surface area (Å²) < 4.78 is 16.6. The van der Waals surface area contributed by atoms with E-state index in [0.29, 0.717) is 39.5 Å². The van der Waals surface area contributed by atoms with Crippen LogP contribution in [-0.4, -0.2) is 63.0 Å². The van der Waals surface area contributed by atoms with Crippen molar-refractivity contribution in [1.82, 2.24) is 4.90 Å². The molecule has 0 amide bonds. The molecule has 134 valence electrons. The summed E-state index contributed by atoms with van der Waals surface area (Å²) in [4.78, 5) is 2.04. The van der Waals surface area contributed by atoms with Crippen molar-refractivity contribution in [2.45, 2.75) is 58.7 Å². The Balaban J connectivity index is 4.34. The lowest BCUT2D eigenvalue weighted by molar-refractivity contribution is -0.0264. The van der Waals surface area contributed by atoms with Gasteiger partial charge in [-0.3, -0.25) is 4.90 Å². The summed E-state index contributed by atoms with van der Waals surface area (Å²) in [5.74, 6) is 0. The van der Waals surface area contributed by atoms with E-state index < -0.39 is 0 Å². The van der Waals surface area contributed by atoms with Crippen molar-refractivity contribution in [1.29, 1.82) is 0 Å². The maximum absolute atomic E-state index is 5.99. The lowest BCUT2D eigenvalue weighted by Crippen LogP contribution is -2.50. The molecular weight excluding hydrogens is 284 g/mol. The molecule has 6 N–H and O–H groups in total. The highest BCUT2D eigenvalue weighted by Crippen LogP contribution is 2.00. The molecule has 3 unspecified atom stereocenters. The molecule has 0 aromatic carbocycles. The van der Waals surface area contributed by atoms with Gasteiger partial charge < -0.3 is 31.4 Å². The first kappa shape index (κ1) is 21.7. The third-order valence-corrected chi connectivity index (χ3v) is 2.92. The molecule has 0 heterocycles. The van der Waals surface area contributed by atoms with Gasteiger partial charge in [-0.15, -0.1) is 0 Å². The zero-order chi connectivity index (χ0) is 16.8. The van der Waals surface area contributed by atoms with Gasteiger partial charge in [0.1, 0.15) is 18.7 Å². The molecule has 3 atom stereocenters. The second-order valence-corrected chi connectivity index (χ2v) is 5.45. The number of hydrogen-bond donors (Lipinski definition) is 3. The van der Waals surface area contributed by atoms with E-state index in [0.717, 1.165) is 19.3 Å². The van der Waals surface area contributed by atoms with Crippen LogP contribution in [-0.2, 0) is 14.2 Å². The Hall–Kier alpha value is -0.280. The number of hydrogen-bond acceptors (Lipinski definition) is 7. The third-order valence-electron chi connectivity index (χ3n) is 2.92. The first-order valence-corrected chi connectivity index (χ1v) is 8.37. The fourth-order valence-electron chi connectivity index (χ4n) is 1.95. The molecule has 0 aromatic heterocycles. The second-order valence-electron chi connectivity index (χ2n) is 5.45. The van der Waals surface area contributed by atoms with Crippen molar-refractivity contribution in [3.05, 3.63) is 0 Å². The first-order valence-electron chi connectivity index (χ1n) is 8.37. The molecule has 0 saturated carbocycles. The maximum Gasteiger partial charge on any atom is 0.118 e. The van der Waals surface area contributed by atoms with Crippen LogP contribution in [0.15, 0.2) is 0 Å². The summed E-state index contributed by atoms with van der Waals surface area (Å²) in [5, 5.41) is 0. The van der Waals surface area contributed by atoms with Crippen molar-refractivity contribution in [3.8, 4) is 0 Å². The Bertz CT molecular complexity index is 209. The van der Waals surface area contributed by atoms with Crippen LogP contribution in [0.3, 0.4) is 0 Å². The fourth-order valence-corrected chi connectivity index (χ4v) is 1.95. The highest BCUT2D eigenvalue weighted by Gasteiger charge is 2.18. The summed E-state index contributed by atoms with van der Waals surface area (Å²) in [6.45, 7) is 9.73. The highest BCUT2D eigenvalue weighted by molar-refractivity contribution is 4.68. The minimum Gasteiger partial charge on any atom is -0.362 e. The quantitative estimate of drug-likeness (QED) is 0.375. The van der Waals surface area contributed by atoms with Crippen molar-refractivity contribution >= 4 is 0 Å². The molecule has 0 aliphatic rings. The number of nitrogens with two attached hydrogens (primary N) is 3. The summed E-state index contributed by atoms with van der Waals surface area (Å²) in [7, 11) is 0. The van der Waals surface area contributed by atoms with E-state index in [1.165, 1.54) is 0 Å². The lowest BCUT2D eigenvalue weighted by Gasteiger charge is -2.30. The van der Waals surface area contributed by atoms with Crippen LogP contribution in [0.2, 0.25) is 0 Å². The van der Waals surface area contributed by atoms with Gasteiger partial charge in [0.05, 0.1) is 0 Å². The van der Waals surface area contributed by atoms with Gasteiger partial charge in [-0.1, -0.05) is 20.8 Å². The molecule has 0 saturated heterocycles. The third kappa shape index (κ3) is 12.3. The van der Waals surface area contributed by atoms with Crippen LogP contribution in [0, 0.1) is 0 Å². The molecule has 0 bridgehead atoms. The van der Waals surface area contributed by atoms with Gasteiger partial charge >= 0.3 is 0 Å². The van der Waals surface area contributed by atoms with Gasteiger partial charge in [-0.2, -0.15) is 0 Å². The molecule has 7 heteroatoms. The van der Waals surface area contributed by atoms with E-state index in [1.807, 2.05) is 25.7 Å². The van der Waals surface area contributed by atoms with Crippen LogP contribution in [0.25, 0.3) is 0 Å². The van der Waals surface area contributed by atoms with Crippen LogP contribution in [0.4, 0.5) is 0 Å². The van der Waals surface area contributed by atoms with Crippen molar-refractivity contribution in [2.75, 3.05) is 39.5 Å². The van der Waals surface area contributed by atoms with Crippen LogP contribution in [0.5, 0.6) is 0 Å². The van der Waals surface area contributed by atoms with Crippen molar-refractivity contribution in [2.24, 2.45) is 17.2 Å². The number of nitrogens with zero attached hydrogens (tertiary/aromatic N) is 1. The van der Waals surface area contributed by atoms with Crippen molar-refractivity contribution < 1.29 is 14.2 Å². The Morgan fingerprint density at radius 2 is 0.909 bits per heavy atom. The van der Waals surface area contributed by atoms with E-state index in [1.54, 1.807) is 0 Å². The first-order chi connectivity index (χ1) is 10.5. The largest absolute Gasteiger partial charge is 0.362 e. The second kappa shape index (κ2) is 14.3. The molecule has 0 aliphatic carbocycles. The SMILES string of the molecule is CCCOC(N)CN(CC(N)OCCC)CC(N)OCCC. The summed E-state index contributed by atoms with van der Waals surface area (Å²) >= 11 is 0. The summed E-state index contributed by atoms with van der Waals surface area (Å²) in [5.41, 5.74) is 18.0. The Kier molecular flexibility index (Phi) is 14.1. The number of rotatable bonds is 15. The predicted octanol–water partition coefficient (Wildman–Crippen LogP) is 0.423. The Morgan fingerprint density at radius 1 is 0.636 bits per heavy atom. The minimum atomic E-state index is -0.364. The molecule has 0 spiro atoms. The molecule has 0 rings (SSSR count). The normalized spacial score (nSPS) is 16.0. The van der Waals surface area contributed by atoms with Crippen LogP contribution >= 0.6 is 0 Å². The standard InChI is InChI=1S/C15H36N4O3/c1-4-7-20-13(16)10-19(11-14(17)21-8-5-2)12-15(18)22-9-6-3/h13-15H,4-12,16-18H2,1-3H3. The van der Waals surface area contributed by atoms with Crippen LogP contribution < -0.4 is 17.2 Å². The predicted molar refractivity (Wildman–Crippen MR) is 89.1 cm³/mol. The topological polar surface area (TPSA) is 109 Å². The number of ether oxygens (including phenoxy) is 3. The maximum atomic E-state index is 5.99. The monoisotopic (exact) mass is 320 g/mol. The van der Waals surface area contributed by atoms with Gasteiger partial charge in [-0.05, 0) is 19.3 Å². The average Bonchev–Trinajstić information content (AvgIpc) is 2.48.